The molecule has 6 heteroatoms. The Morgan fingerprint density at radius 3 is 2.67 bits per heavy atom. The van der Waals surface area contributed by atoms with Crippen LogP contribution in [0.4, 0.5) is 0 Å². The molecule has 0 aliphatic carbocycles. The van der Waals surface area contributed by atoms with E-state index in [0.717, 1.165) is 74.4 Å². The Labute approximate surface area is 163 Å². The fourth-order valence-electron chi connectivity index (χ4n) is 3.85. The van der Waals surface area contributed by atoms with Crippen molar-refractivity contribution in [2.24, 2.45) is 0 Å². The van der Waals surface area contributed by atoms with Crippen molar-refractivity contribution in [3.05, 3.63) is 58.6 Å². The van der Waals surface area contributed by atoms with Gasteiger partial charge in [-0.1, -0.05) is 23.4 Å². The third kappa shape index (κ3) is 3.78. The van der Waals surface area contributed by atoms with Gasteiger partial charge < -0.3 is 9.26 Å². The Balaban J connectivity index is 1.14. The molecule has 2 aromatic heterocycles. The average Bonchev–Trinajstić information content (AvgIpc) is 3.44. The molecule has 27 heavy (non-hydrogen) atoms. The minimum absolute atomic E-state index is 0.827. The van der Waals surface area contributed by atoms with Gasteiger partial charge in [-0.3, -0.25) is 9.80 Å². The molecule has 0 saturated carbocycles. The SMILES string of the molecule is c1csc(-c2cc(CN3CCN(Cc4ccc5c(c4)CCO5)CC3)no2)c1. The highest BCUT2D eigenvalue weighted by molar-refractivity contribution is 7.13. The summed E-state index contributed by atoms with van der Waals surface area (Å²) in [7, 11) is 0. The van der Waals surface area contributed by atoms with Crippen molar-refractivity contribution in [2.75, 3.05) is 32.8 Å². The van der Waals surface area contributed by atoms with Crippen LogP contribution in [0.15, 0.2) is 46.3 Å². The minimum atomic E-state index is 0.827. The second-order valence-corrected chi connectivity index (χ2v) is 8.20. The molecule has 5 rings (SSSR count). The Bertz CT molecular complexity index is 898. The zero-order valence-electron chi connectivity index (χ0n) is 15.3. The molecule has 140 valence electrons. The van der Waals surface area contributed by atoms with Gasteiger partial charge in [0.15, 0.2) is 5.76 Å². The zero-order chi connectivity index (χ0) is 18.1. The third-order valence-electron chi connectivity index (χ3n) is 5.33. The van der Waals surface area contributed by atoms with Crippen LogP contribution in [-0.4, -0.2) is 47.7 Å². The second-order valence-electron chi connectivity index (χ2n) is 7.25. The van der Waals surface area contributed by atoms with Crippen molar-refractivity contribution in [1.82, 2.24) is 15.0 Å². The molecule has 0 unspecified atom stereocenters. The Hall–Kier alpha value is -2.15. The third-order valence-corrected chi connectivity index (χ3v) is 6.22. The van der Waals surface area contributed by atoms with Gasteiger partial charge in [0, 0.05) is 51.8 Å². The highest BCUT2D eigenvalue weighted by Gasteiger charge is 2.20. The number of rotatable bonds is 5. The largest absolute Gasteiger partial charge is 0.493 e. The van der Waals surface area contributed by atoms with Gasteiger partial charge in [0.25, 0.3) is 0 Å². The van der Waals surface area contributed by atoms with Crippen LogP contribution in [0.5, 0.6) is 5.75 Å². The van der Waals surface area contributed by atoms with Crippen LogP contribution < -0.4 is 4.74 Å². The number of hydrogen-bond donors (Lipinski definition) is 0. The molecule has 2 aliphatic heterocycles. The number of benzene rings is 1. The van der Waals surface area contributed by atoms with Gasteiger partial charge in [0.1, 0.15) is 5.75 Å². The van der Waals surface area contributed by atoms with Gasteiger partial charge in [-0.25, -0.2) is 0 Å². The van der Waals surface area contributed by atoms with E-state index in [4.69, 9.17) is 9.26 Å². The molecular formula is C21H23N3O2S. The molecule has 0 N–H and O–H groups in total. The normalized spacial score (nSPS) is 17.8. The summed E-state index contributed by atoms with van der Waals surface area (Å²) in [6, 6.07) is 12.8. The number of piperazine rings is 1. The number of hydrogen-bond acceptors (Lipinski definition) is 6. The highest BCUT2D eigenvalue weighted by Crippen LogP contribution is 2.27. The van der Waals surface area contributed by atoms with Crippen molar-refractivity contribution in [1.29, 1.82) is 0 Å². The van der Waals surface area contributed by atoms with E-state index in [1.54, 1.807) is 11.3 Å². The molecule has 0 atom stereocenters. The lowest BCUT2D eigenvalue weighted by molar-refractivity contribution is 0.120. The van der Waals surface area contributed by atoms with Crippen LogP contribution in [0, 0.1) is 0 Å². The Kier molecular flexibility index (Phi) is 4.69. The Morgan fingerprint density at radius 1 is 1.00 bits per heavy atom. The van der Waals surface area contributed by atoms with Gasteiger partial charge in [-0.2, -0.15) is 0 Å². The summed E-state index contributed by atoms with van der Waals surface area (Å²) in [6.07, 6.45) is 1.04. The monoisotopic (exact) mass is 381 g/mol. The van der Waals surface area contributed by atoms with Crippen LogP contribution >= 0.6 is 11.3 Å². The molecule has 0 bridgehead atoms. The van der Waals surface area contributed by atoms with Gasteiger partial charge in [-0.05, 0) is 28.6 Å². The van der Waals surface area contributed by atoms with E-state index >= 15 is 0 Å². The van der Waals surface area contributed by atoms with Crippen molar-refractivity contribution in [3.8, 4) is 16.4 Å². The average molecular weight is 382 g/mol. The minimum Gasteiger partial charge on any atom is -0.493 e. The summed E-state index contributed by atoms with van der Waals surface area (Å²) in [5, 5.41) is 6.31. The first kappa shape index (κ1) is 17.0. The molecular weight excluding hydrogens is 358 g/mol. The van der Waals surface area contributed by atoms with Gasteiger partial charge in [0.05, 0.1) is 17.2 Å². The molecule has 1 fully saturated rings. The predicted octanol–water partition coefficient (Wildman–Crippen LogP) is 3.66. The number of aromatic nitrogens is 1. The van der Waals surface area contributed by atoms with Crippen molar-refractivity contribution >= 4 is 11.3 Å². The van der Waals surface area contributed by atoms with Crippen molar-refractivity contribution in [2.45, 2.75) is 19.5 Å². The van der Waals surface area contributed by atoms with E-state index in [-0.39, 0.29) is 0 Å². The molecule has 1 saturated heterocycles. The van der Waals surface area contributed by atoms with Gasteiger partial charge in [-0.15, -0.1) is 11.3 Å². The van der Waals surface area contributed by atoms with Crippen LogP contribution in [0.3, 0.4) is 0 Å². The number of thiophene rings is 1. The zero-order valence-corrected chi connectivity index (χ0v) is 16.1. The van der Waals surface area contributed by atoms with E-state index in [1.165, 1.54) is 11.1 Å². The maximum atomic E-state index is 5.61. The van der Waals surface area contributed by atoms with Gasteiger partial charge >= 0.3 is 0 Å². The van der Waals surface area contributed by atoms with Crippen LogP contribution in [0.25, 0.3) is 10.6 Å². The standard InChI is InChI=1S/C21H23N3O2S/c1-2-21(27-11-1)20-13-18(22-26-20)15-24-8-6-23(7-9-24)14-16-3-4-19-17(12-16)5-10-25-19/h1-4,11-13H,5-10,14-15H2. The number of nitrogens with zero attached hydrogens (tertiary/aromatic N) is 3. The predicted molar refractivity (Wildman–Crippen MR) is 106 cm³/mol. The van der Waals surface area contributed by atoms with Gasteiger partial charge in [0.2, 0.25) is 0 Å². The summed E-state index contributed by atoms with van der Waals surface area (Å²) < 4.78 is 11.1. The lowest BCUT2D eigenvalue weighted by Crippen LogP contribution is -2.45. The molecule has 2 aliphatic rings. The summed E-state index contributed by atoms with van der Waals surface area (Å²) in [5.74, 6) is 1.94. The second kappa shape index (κ2) is 7.46. The molecule has 5 nitrogen and oxygen atoms in total. The lowest BCUT2D eigenvalue weighted by Gasteiger charge is -2.34. The van der Waals surface area contributed by atoms with Crippen LogP contribution in [0.2, 0.25) is 0 Å². The first-order valence-corrected chi connectivity index (χ1v) is 10.4. The maximum Gasteiger partial charge on any atom is 0.177 e. The fourth-order valence-corrected chi connectivity index (χ4v) is 4.53. The maximum absolute atomic E-state index is 5.61. The molecule has 0 amide bonds. The molecule has 0 spiro atoms. The quantitative estimate of drug-likeness (QED) is 0.675. The molecule has 1 aromatic carbocycles. The fraction of sp³-hybridized carbons (Fsp3) is 0.381. The molecule has 3 aromatic rings. The lowest BCUT2D eigenvalue weighted by atomic mass is 10.1. The molecule has 0 radical (unpaired) electrons. The molecule has 4 heterocycles. The Morgan fingerprint density at radius 2 is 1.85 bits per heavy atom. The van der Waals surface area contributed by atoms with E-state index in [0.29, 0.717) is 0 Å². The van der Waals surface area contributed by atoms with Crippen LogP contribution in [0.1, 0.15) is 16.8 Å². The number of fused-ring (bicyclic) bond motifs is 1. The highest BCUT2D eigenvalue weighted by atomic mass is 32.1. The summed E-state index contributed by atoms with van der Waals surface area (Å²) >= 11 is 1.68. The summed E-state index contributed by atoms with van der Waals surface area (Å²) in [4.78, 5) is 6.13. The van der Waals surface area contributed by atoms with Crippen molar-refractivity contribution in [3.63, 3.8) is 0 Å². The van der Waals surface area contributed by atoms with E-state index in [9.17, 15) is 0 Å². The first-order chi connectivity index (χ1) is 13.3. The first-order valence-electron chi connectivity index (χ1n) is 9.52. The summed E-state index contributed by atoms with van der Waals surface area (Å²) in [6.45, 7) is 7.01. The van der Waals surface area contributed by atoms with E-state index in [1.807, 2.05) is 6.07 Å². The van der Waals surface area contributed by atoms with Crippen LogP contribution in [-0.2, 0) is 19.5 Å². The number of ether oxygens (including phenoxy) is 1. The topological polar surface area (TPSA) is 41.7 Å². The smallest absolute Gasteiger partial charge is 0.177 e. The van der Waals surface area contributed by atoms with E-state index in [2.05, 4.69) is 50.7 Å². The van der Waals surface area contributed by atoms with Crippen molar-refractivity contribution < 1.29 is 9.26 Å². The van der Waals surface area contributed by atoms with E-state index < -0.39 is 0 Å². The summed E-state index contributed by atoms with van der Waals surface area (Å²) in [5.41, 5.74) is 3.77.